The van der Waals surface area contributed by atoms with Crippen molar-refractivity contribution in [3.8, 4) is 11.1 Å². The first-order valence-electron chi connectivity index (χ1n) is 8.37. The van der Waals surface area contributed by atoms with E-state index < -0.39 is 17.3 Å². The lowest BCUT2D eigenvalue weighted by molar-refractivity contribution is -0.171. The van der Waals surface area contributed by atoms with Gasteiger partial charge in [-0.1, -0.05) is 18.2 Å². The number of β-amino-alcohol motifs (C(OH)–C–C–N with tert-alkyl or cyclic N) is 1. The Bertz CT molecular complexity index is 847. The van der Waals surface area contributed by atoms with Crippen LogP contribution in [-0.4, -0.2) is 37.1 Å². The molecule has 0 spiro atoms. The molecule has 0 unspecified atom stereocenters. The zero-order chi connectivity index (χ0) is 18.5. The maximum atomic E-state index is 13.2. The quantitative estimate of drug-likeness (QED) is 0.873. The van der Waals surface area contributed by atoms with Gasteiger partial charge in [-0.3, -0.25) is 0 Å². The van der Waals surface area contributed by atoms with Gasteiger partial charge in [-0.2, -0.15) is 13.2 Å². The Balaban J connectivity index is 1.65. The van der Waals surface area contributed by atoms with Gasteiger partial charge in [0, 0.05) is 0 Å². The molecule has 0 amide bonds. The van der Waals surface area contributed by atoms with Crippen LogP contribution < -0.4 is 10.2 Å². The number of rotatable bonds is 3. The van der Waals surface area contributed by atoms with Gasteiger partial charge in [-0.05, 0) is 41.8 Å². The van der Waals surface area contributed by atoms with Gasteiger partial charge in [0.1, 0.15) is 5.60 Å². The van der Waals surface area contributed by atoms with Crippen LogP contribution in [0.3, 0.4) is 0 Å². The van der Waals surface area contributed by atoms with Crippen molar-refractivity contribution in [3.05, 3.63) is 47.5 Å². The Morgan fingerprint density at radius 2 is 2.00 bits per heavy atom. The van der Waals surface area contributed by atoms with E-state index in [-0.39, 0.29) is 5.56 Å². The van der Waals surface area contributed by atoms with E-state index in [0.717, 1.165) is 23.0 Å². The second-order valence-corrected chi connectivity index (χ2v) is 6.96. The topological polar surface area (TPSA) is 44.7 Å². The lowest BCUT2D eigenvalue weighted by Crippen LogP contribution is -2.57. The molecule has 2 aliphatic heterocycles. The van der Waals surface area contributed by atoms with Gasteiger partial charge in [0.25, 0.3) is 0 Å². The molecule has 2 heterocycles. The monoisotopic (exact) mass is 364 g/mol. The Morgan fingerprint density at radius 1 is 1.23 bits per heavy atom. The Morgan fingerprint density at radius 3 is 2.65 bits per heavy atom. The maximum absolute atomic E-state index is 13.2. The molecule has 1 fully saturated rings. The number of benzene rings is 2. The van der Waals surface area contributed by atoms with E-state index in [1.807, 2.05) is 23.1 Å². The van der Waals surface area contributed by atoms with Gasteiger partial charge in [-0.25, -0.2) is 0 Å². The number of aliphatic hydroxyl groups is 1. The molecule has 0 radical (unpaired) electrons. The summed E-state index contributed by atoms with van der Waals surface area (Å²) in [5.74, 6) is 0. The van der Waals surface area contributed by atoms with Gasteiger partial charge in [0.05, 0.1) is 43.4 Å². The summed E-state index contributed by atoms with van der Waals surface area (Å²) in [5, 5.41) is 13.5. The van der Waals surface area contributed by atoms with Gasteiger partial charge < -0.3 is 20.1 Å². The number of alkyl halides is 3. The van der Waals surface area contributed by atoms with Crippen molar-refractivity contribution >= 4 is 11.4 Å². The molecule has 26 heavy (non-hydrogen) atoms. The van der Waals surface area contributed by atoms with E-state index in [2.05, 4.69) is 5.32 Å². The number of hydrogen-bond donors (Lipinski definition) is 2. The molecule has 2 N–H and O–H groups in total. The van der Waals surface area contributed by atoms with Crippen molar-refractivity contribution < 1.29 is 23.0 Å². The first-order valence-corrected chi connectivity index (χ1v) is 8.37. The van der Waals surface area contributed by atoms with Crippen molar-refractivity contribution in [1.82, 2.24) is 0 Å². The van der Waals surface area contributed by atoms with E-state index in [1.165, 1.54) is 13.0 Å². The molecule has 2 aromatic carbocycles. The molecule has 1 saturated heterocycles. The first kappa shape index (κ1) is 17.2. The molecule has 4 rings (SSSR count). The average Bonchev–Trinajstić information content (AvgIpc) is 2.94. The predicted molar refractivity (Wildman–Crippen MR) is 93.2 cm³/mol. The highest BCUT2D eigenvalue weighted by atomic mass is 19.4. The van der Waals surface area contributed by atoms with Crippen molar-refractivity contribution in [3.63, 3.8) is 0 Å². The second kappa shape index (κ2) is 5.89. The number of halogens is 3. The average molecular weight is 364 g/mol. The van der Waals surface area contributed by atoms with Crippen LogP contribution in [0.2, 0.25) is 0 Å². The van der Waals surface area contributed by atoms with Crippen LogP contribution >= 0.6 is 0 Å². The SMILES string of the molecule is Cc1c(-c2ccc3c(c2)NCN3CC2(O)COC2)cccc1C(F)(F)F. The fraction of sp³-hybridized carbons (Fsp3) is 0.368. The number of anilines is 2. The van der Waals surface area contributed by atoms with E-state index >= 15 is 0 Å². The van der Waals surface area contributed by atoms with Crippen LogP contribution in [0.5, 0.6) is 0 Å². The molecule has 4 nitrogen and oxygen atoms in total. The molecule has 138 valence electrons. The van der Waals surface area contributed by atoms with Crippen molar-refractivity contribution in [1.29, 1.82) is 0 Å². The Hall–Kier alpha value is -2.25. The number of nitrogens with zero attached hydrogens (tertiary/aromatic N) is 1. The fourth-order valence-electron chi connectivity index (χ4n) is 3.57. The standard InChI is InChI=1S/C19H19F3N2O2/c1-12-14(3-2-4-15(12)19(20,21)22)13-5-6-17-16(7-13)23-11-24(17)8-18(25)9-26-10-18/h2-7,23,25H,8-11H2,1H3. The smallest absolute Gasteiger partial charge is 0.383 e. The number of fused-ring (bicyclic) bond motifs is 1. The lowest BCUT2D eigenvalue weighted by atomic mass is 9.95. The molecule has 0 bridgehead atoms. The minimum absolute atomic E-state index is 0.218. The third-order valence-electron chi connectivity index (χ3n) is 4.97. The van der Waals surface area contributed by atoms with E-state index in [4.69, 9.17) is 4.74 Å². The Labute approximate surface area is 149 Å². The second-order valence-electron chi connectivity index (χ2n) is 6.96. The zero-order valence-corrected chi connectivity index (χ0v) is 14.2. The third-order valence-corrected chi connectivity index (χ3v) is 4.97. The number of hydrogen-bond acceptors (Lipinski definition) is 4. The fourth-order valence-corrected chi connectivity index (χ4v) is 3.57. The van der Waals surface area contributed by atoms with Crippen LogP contribution in [-0.2, 0) is 10.9 Å². The summed E-state index contributed by atoms with van der Waals surface area (Å²) in [6.07, 6.45) is -4.37. The van der Waals surface area contributed by atoms with Crippen LogP contribution in [0.4, 0.5) is 24.5 Å². The van der Waals surface area contributed by atoms with E-state index in [1.54, 1.807) is 6.07 Å². The lowest BCUT2D eigenvalue weighted by Gasteiger charge is -2.39. The minimum atomic E-state index is -4.37. The largest absolute Gasteiger partial charge is 0.416 e. The van der Waals surface area contributed by atoms with Crippen LogP contribution in [0, 0.1) is 6.92 Å². The number of ether oxygens (including phenoxy) is 1. The molecule has 0 aliphatic carbocycles. The van der Waals surface area contributed by atoms with Crippen LogP contribution in [0.15, 0.2) is 36.4 Å². The number of nitrogens with one attached hydrogen (secondary N) is 1. The summed E-state index contributed by atoms with van der Waals surface area (Å²) in [5.41, 5.74) is 1.84. The summed E-state index contributed by atoms with van der Waals surface area (Å²) < 4.78 is 44.6. The highest BCUT2D eigenvalue weighted by molar-refractivity contribution is 5.82. The molecule has 2 aromatic rings. The zero-order valence-electron chi connectivity index (χ0n) is 14.2. The summed E-state index contributed by atoms with van der Waals surface area (Å²) in [4.78, 5) is 2.01. The van der Waals surface area contributed by atoms with Crippen LogP contribution in [0.25, 0.3) is 11.1 Å². The van der Waals surface area contributed by atoms with E-state index in [9.17, 15) is 18.3 Å². The predicted octanol–water partition coefficient (Wildman–Crippen LogP) is 3.63. The summed E-state index contributed by atoms with van der Waals surface area (Å²) >= 11 is 0. The molecule has 7 heteroatoms. The molecule has 2 aliphatic rings. The van der Waals surface area contributed by atoms with Crippen molar-refractivity contribution in [2.24, 2.45) is 0 Å². The van der Waals surface area contributed by atoms with Gasteiger partial charge in [0.2, 0.25) is 0 Å². The molecule has 0 aromatic heterocycles. The van der Waals surface area contributed by atoms with Gasteiger partial charge >= 0.3 is 6.18 Å². The highest BCUT2D eigenvalue weighted by Crippen LogP contribution is 2.40. The third kappa shape index (κ3) is 2.91. The van der Waals surface area contributed by atoms with Crippen LogP contribution in [0.1, 0.15) is 11.1 Å². The van der Waals surface area contributed by atoms with Crippen molar-refractivity contribution in [2.75, 3.05) is 36.6 Å². The molecular weight excluding hydrogens is 345 g/mol. The van der Waals surface area contributed by atoms with Gasteiger partial charge in [-0.15, -0.1) is 0 Å². The minimum Gasteiger partial charge on any atom is -0.383 e. The maximum Gasteiger partial charge on any atom is 0.416 e. The summed E-state index contributed by atoms with van der Waals surface area (Å²) in [7, 11) is 0. The normalized spacial score (nSPS) is 18.3. The molecule has 0 saturated carbocycles. The summed E-state index contributed by atoms with van der Waals surface area (Å²) in [6, 6.07) is 9.81. The first-order chi connectivity index (χ1) is 12.3. The molecular formula is C19H19F3N2O2. The van der Waals surface area contributed by atoms with E-state index in [0.29, 0.717) is 32.0 Å². The van der Waals surface area contributed by atoms with Gasteiger partial charge in [0.15, 0.2) is 0 Å². The highest BCUT2D eigenvalue weighted by Gasteiger charge is 2.39. The molecule has 0 atom stereocenters. The summed E-state index contributed by atoms with van der Waals surface area (Å²) in [6.45, 7) is 3.13. The van der Waals surface area contributed by atoms with Crippen molar-refractivity contribution in [2.45, 2.75) is 18.7 Å². The Kier molecular flexibility index (Phi) is 3.89.